The van der Waals surface area contributed by atoms with E-state index in [-0.39, 0.29) is 47.2 Å². The molecule has 0 saturated carbocycles. The molecule has 0 aromatic rings. The van der Waals surface area contributed by atoms with E-state index in [0.29, 0.717) is 0 Å². The molecule has 2 atom stereocenters. The van der Waals surface area contributed by atoms with Gasteiger partial charge in [0.2, 0.25) is 0 Å². The molecule has 0 aromatic heterocycles. The number of rotatable bonds is 8. The first-order chi connectivity index (χ1) is 8.33. The topological polar surface area (TPSA) is 179 Å². The molecule has 0 amide bonds. The fourth-order valence-electron chi connectivity index (χ4n) is 0.641. The Labute approximate surface area is 125 Å². The quantitative estimate of drug-likeness (QED) is 0.277. The van der Waals surface area contributed by atoms with Crippen molar-refractivity contribution in [3.8, 4) is 0 Å². The van der Waals surface area contributed by atoms with E-state index in [1.807, 2.05) is 0 Å². The Morgan fingerprint density at radius 2 is 1.53 bits per heavy atom. The summed E-state index contributed by atoms with van der Waals surface area (Å²) in [6.45, 7) is 0.580. The maximum atomic E-state index is 9.43. The van der Waals surface area contributed by atoms with Crippen LogP contribution >= 0.6 is 0 Å². The van der Waals surface area contributed by atoms with Crippen molar-refractivity contribution in [2.24, 2.45) is 5.73 Å². The third-order valence-corrected chi connectivity index (χ3v) is 1.49. The first kappa shape index (κ1) is 23.5. The first-order valence-electron chi connectivity index (χ1n) is 5.11. The molecule has 0 heterocycles. The predicted molar refractivity (Wildman–Crippen MR) is 63.2 cm³/mol. The minimum atomic E-state index is -1.31. The number of carbonyl (C=O) groups is 2. The van der Waals surface area contributed by atoms with E-state index in [1.165, 1.54) is 0 Å². The van der Waals surface area contributed by atoms with Crippen molar-refractivity contribution in [3.05, 3.63) is 11.1 Å². The Bertz CT molecular complexity index is 222. The first-order valence-corrected chi connectivity index (χ1v) is 5.11. The van der Waals surface area contributed by atoms with Crippen molar-refractivity contribution in [1.29, 1.82) is 0 Å². The molecule has 0 rings (SSSR count). The van der Waals surface area contributed by atoms with Gasteiger partial charge < -0.3 is 37.2 Å². The van der Waals surface area contributed by atoms with Gasteiger partial charge >= 0.3 is 33.0 Å². The maximum Gasteiger partial charge on any atom is 2.00 e. The molecule has 116 valence electrons. The van der Waals surface area contributed by atoms with Crippen LogP contribution in [-0.4, -0.2) is 70.8 Å². The number of nitrogens with two attached hydrogens (primary N) is 1. The van der Waals surface area contributed by atoms with Gasteiger partial charge in [-0.3, -0.25) is 9.59 Å². The summed E-state index contributed by atoms with van der Waals surface area (Å²) < 4.78 is 0. The SMILES string of the molecule is O=C(O)CC(=O)O.[NH-]CC(O)C[N-]CC(O)CN.[Pt+2]. The van der Waals surface area contributed by atoms with Crippen LogP contribution in [0.15, 0.2) is 0 Å². The third kappa shape index (κ3) is 23.0. The molecule has 2 unspecified atom stereocenters. The van der Waals surface area contributed by atoms with E-state index < -0.39 is 30.6 Å². The summed E-state index contributed by atoms with van der Waals surface area (Å²) >= 11 is 0. The number of aliphatic carboxylic acids is 2. The summed E-state index contributed by atoms with van der Waals surface area (Å²) in [6.07, 6.45) is -2.13. The van der Waals surface area contributed by atoms with Crippen LogP contribution in [0.5, 0.6) is 0 Å². The number of nitrogens with one attached hydrogen (secondary N) is 1. The van der Waals surface area contributed by atoms with E-state index in [1.54, 1.807) is 0 Å². The van der Waals surface area contributed by atoms with Gasteiger partial charge in [-0.25, -0.2) is 0 Å². The zero-order valence-electron chi connectivity index (χ0n) is 10.1. The Balaban J connectivity index is -0.000000280. The fraction of sp³-hybridized carbons (Fsp3) is 0.778. The number of carboxylic acids is 2. The second-order valence-electron chi connectivity index (χ2n) is 3.30. The van der Waals surface area contributed by atoms with Gasteiger partial charge in [-0.1, -0.05) is 0 Å². The largest absolute Gasteiger partial charge is 2.00 e. The normalized spacial score (nSPS) is 12.4. The number of hydrogen-bond donors (Lipinski definition) is 5. The molecule has 0 spiro atoms. The average molecular weight is 460 g/mol. The van der Waals surface area contributed by atoms with Crippen molar-refractivity contribution in [2.45, 2.75) is 18.6 Å². The summed E-state index contributed by atoms with van der Waals surface area (Å²) in [5.41, 5.74) is 11.9. The van der Waals surface area contributed by atoms with Gasteiger partial charge in [0.1, 0.15) is 6.42 Å². The summed E-state index contributed by atoms with van der Waals surface area (Å²) in [7, 11) is 0. The Kier molecular flexibility index (Phi) is 19.2. The molecular formula is C9H19N3O6Pt. The summed E-state index contributed by atoms with van der Waals surface area (Å²) in [5, 5.41) is 37.0. The van der Waals surface area contributed by atoms with Crippen LogP contribution in [-0.2, 0) is 30.7 Å². The van der Waals surface area contributed by atoms with Gasteiger partial charge in [0, 0.05) is 18.8 Å². The van der Waals surface area contributed by atoms with Gasteiger partial charge in [0.05, 0.1) is 0 Å². The van der Waals surface area contributed by atoms with Gasteiger partial charge in [0.25, 0.3) is 0 Å². The molecule has 0 bridgehead atoms. The predicted octanol–water partition coefficient (Wildman–Crippen LogP) is -1.36. The van der Waals surface area contributed by atoms with Crippen molar-refractivity contribution >= 4 is 11.9 Å². The molecule has 0 aliphatic heterocycles. The fourth-order valence-corrected chi connectivity index (χ4v) is 0.641. The maximum absolute atomic E-state index is 9.43. The van der Waals surface area contributed by atoms with Gasteiger partial charge in [-0.15, -0.1) is 19.6 Å². The van der Waals surface area contributed by atoms with Crippen molar-refractivity contribution in [2.75, 3.05) is 26.2 Å². The van der Waals surface area contributed by atoms with Crippen molar-refractivity contribution in [1.82, 2.24) is 0 Å². The molecule has 0 aliphatic rings. The molecular weight excluding hydrogens is 441 g/mol. The number of aliphatic hydroxyl groups is 2. The van der Waals surface area contributed by atoms with E-state index >= 15 is 0 Å². The number of aliphatic hydroxyl groups excluding tert-OH is 2. The van der Waals surface area contributed by atoms with Crippen molar-refractivity contribution < 1.29 is 51.1 Å². The minimum absolute atomic E-state index is 0. The molecule has 0 aliphatic carbocycles. The van der Waals surface area contributed by atoms with E-state index in [9.17, 15) is 9.59 Å². The summed E-state index contributed by atoms with van der Waals surface area (Å²) in [6, 6.07) is 0. The average Bonchev–Trinajstić information content (AvgIpc) is 2.27. The zero-order chi connectivity index (χ0) is 14.6. The van der Waals surface area contributed by atoms with Gasteiger partial charge in [0.15, 0.2) is 0 Å². The zero-order valence-corrected chi connectivity index (χ0v) is 12.4. The van der Waals surface area contributed by atoms with E-state index in [4.69, 9.17) is 31.9 Å². The van der Waals surface area contributed by atoms with Gasteiger partial charge in [-0.2, -0.15) is 0 Å². The van der Waals surface area contributed by atoms with Crippen LogP contribution in [0.25, 0.3) is 11.1 Å². The molecule has 7 N–H and O–H groups in total. The number of carboxylic acid groups (broad SMARTS) is 2. The molecule has 19 heavy (non-hydrogen) atoms. The van der Waals surface area contributed by atoms with Gasteiger partial charge in [-0.05, 0) is 0 Å². The van der Waals surface area contributed by atoms with E-state index in [0.717, 1.165) is 0 Å². The van der Waals surface area contributed by atoms with Crippen LogP contribution in [0.1, 0.15) is 6.42 Å². The van der Waals surface area contributed by atoms with Crippen LogP contribution in [0.4, 0.5) is 0 Å². The Hall–Kier alpha value is -0.572. The van der Waals surface area contributed by atoms with Crippen molar-refractivity contribution in [3.63, 3.8) is 0 Å². The Morgan fingerprint density at radius 3 is 1.79 bits per heavy atom. The molecule has 0 saturated heterocycles. The monoisotopic (exact) mass is 460 g/mol. The number of nitrogens with zero attached hydrogens (tertiary/aromatic N) is 1. The second kappa shape index (κ2) is 15.5. The third-order valence-electron chi connectivity index (χ3n) is 1.49. The smallest absolute Gasteiger partial charge is 0.675 e. The molecule has 0 radical (unpaired) electrons. The second-order valence-corrected chi connectivity index (χ2v) is 3.30. The minimum Gasteiger partial charge on any atom is -0.675 e. The van der Waals surface area contributed by atoms with Crippen LogP contribution in [0.2, 0.25) is 0 Å². The van der Waals surface area contributed by atoms with Crippen LogP contribution in [0, 0.1) is 0 Å². The van der Waals surface area contributed by atoms with Crippen LogP contribution in [0.3, 0.4) is 0 Å². The Morgan fingerprint density at radius 1 is 1.11 bits per heavy atom. The molecule has 9 nitrogen and oxygen atoms in total. The summed E-state index contributed by atoms with van der Waals surface area (Å²) in [5.74, 6) is -2.62. The van der Waals surface area contributed by atoms with Crippen LogP contribution < -0.4 is 5.73 Å². The molecule has 0 fully saturated rings. The molecule has 10 heteroatoms. The number of hydrogen-bond acceptors (Lipinski definition) is 5. The standard InChI is InChI=1S/C6H15N3O2.C3H4O4.Pt/c7-1-5(10)3-9-4-6(11)2-8;4-2(5)1-3(6)7;/h5-7,10-11H,1-4,8H2;1H2,(H,4,5)(H,6,7);/q-2;;+2. The summed E-state index contributed by atoms with van der Waals surface area (Å²) in [4.78, 5) is 18.9. The van der Waals surface area contributed by atoms with E-state index in [2.05, 4.69) is 5.32 Å². The molecule has 0 aromatic carbocycles.